The summed E-state index contributed by atoms with van der Waals surface area (Å²) >= 11 is 1.65. The minimum atomic E-state index is -0.431. The summed E-state index contributed by atoms with van der Waals surface area (Å²) in [6.07, 6.45) is 7.87. The first-order valence-electron chi connectivity index (χ1n) is 9.66. The maximum absolute atomic E-state index is 11.9. The van der Waals surface area contributed by atoms with Gasteiger partial charge < -0.3 is 15.8 Å². The second-order valence-corrected chi connectivity index (χ2v) is 8.60. The Bertz CT molecular complexity index is 632. The van der Waals surface area contributed by atoms with Gasteiger partial charge in [0, 0.05) is 4.88 Å². The fraction of sp³-hybridized carbons (Fsp3) is 0.737. The van der Waals surface area contributed by atoms with Gasteiger partial charge in [0.2, 0.25) is 0 Å². The number of esters is 1. The fourth-order valence-corrected chi connectivity index (χ4v) is 5.45. The van der Waals surface area contributed by atoms with E-state index in [-0.39, 0.29) is 17.8 Å². The summed E-state index contributed by atoms with van der Waals surface area (Å²) in [5.74, 6) is 0.463. The van der Waals surface area contributed by atoms with Crippen LogP contribution in [0.5, 0.6) is 0 Å². The molecule has 3 N–H and O–H groups in total. The molecule has 1 saturated carbocycles. The number of rotatable bonds is 6. The van der Waals surface area contributed by atoms with Crippen LogP contribution in [0.4, 0.5) is 0 Å². The van der Waals surface area contributed by atoms with Gasteiger partial charge in [-0.1, -0.05) is 0 Å². The molecule has 0 unspecified atom stereocenters. The molecule has 0 atom stereocenters. The van der Waals surface area contributed by atoms with E-state index in [4.69, 9.17) is 10.5 Å². The largest absolute Gasteiger partial charge is 0.469 e. The van der Waals surface area contributed by atoms with Crippen molar-refractivity contribution in [1.29, 1.82) is 0 Å². The SMILES string of the molecule is COC(=O)C1CCC(c2sc(CCC3CCNCC3)nc2C(N)=O)CC1. The van der Waals surface area contributed by atoms with Crippen LogP contribution in [-0.4, -0.2) is 37.1 Å². The molecule has 2 aliphatic rings. The lowest BCUT2D eigenvalue weighted by atomic mass is 9.81. The van der Waals surface area contributed by atoms with E-state index in [0.29, 0.717) is 5.69 Å². The fourth-order valence-electron chi connectivity index (χ4n) is 4.19. The minimum Gasteiger partial charge on any atom is -0.469 e. The number of nitrogens with one attached hydrogen (secondary N) is 1. The average Bonchev–Trinajstić information content (AvgIpc) is 3.11. The van der Waals surface area contributed by atoms with Crippen LogP contribution in [0, 0.1) is 11.8 Å². The average molecular weight is 380 g/mol. The van der Waals surface area contributed by atoms with E-state index in [2.05, 4.69) is 10.3 Å². The zero-order chi connectivity index (χ0) is 18.5. The van der Waals surface area contributed by atoms with Gasteiger partial charge in [0.1, 0.15) is 5.69 Å². The van der Waals surface area contributed by atoms with Crippen LogP contribution in [0.2, 0.25) is 0 Å². The molecular formula is C19H29N3O3S. The van der Waals surface area contributed by atoms with Gasteiger partial charge >= 0.3 is 5.97 Å². The number of aryl methyl sites for hydroxylation is 1. The molecule has 7 heteroatoms. The molecule has 1 aromatic rings. The van der Waals surface area contributed by atoms with Crippen molar-refractivity contribution in [3.05, 3.63) is 15.6 Å². The summed E-state index contributed by atoms with van der Waals surface area (Å²) in [6, 6.07) is 0. The van der Waals surface area contributed by atoms with Gasteiger partial charge in [-0.05, 0) is 76.3 Å². The van der Waals surface area contributed by atoms with E-state index in [0.717, 1.165) is 67.4 Å². The number of aromatic nitrogens is 1. The number of carbonyl (C=O) groups excluding carboxylic acids is 2. The van der Waals surface area contributed by atoms with Crippen molar-refractivity contribution in [1.82, 2.24) is 10.3 Å². The van der Waals surface area contributed by atoms with Gasteiger partial charge in [0.25, 0.3) is 5.91 Å². The Labute approximate surface area is 158 Å². The van der Waals surface area contributed by atoms with Gasteiger partial charge in [-0.2, -0.15) is 0 Å². The maximum atomic E-state index is 11.9. The number of hydrogen-bond acceptors (Lipinski definition) is 6. The van der Waals surface area contributed by atoms with E-state index < -0.39 is 5.91 Å². The highest BCUT2D eigenvalue weighted by atomic mass is 32.1. The second-order valence-electron chi connectivity index (χ2n) is 7.49. The Morgan fingerprint density at radius 3 is 2.50 bits per heavy atom. The van der Waals surface area contributed by atoms with Crippen LogP contribution in [-0.2, 0) is 16.0 Å². The number of nitrogens with zero attached hydrogens (tertiary/aromatic N) is 1. The number of piperidine rings is 1. The van der Waals surface area contributed by atoms with Crippen molar-refractivity contribution in [2.75, 3.05) is 20.2 Å². The first-order chi connectivity index (χ1) is 12.6. The molecule has 1 aromatic heterocycles. The summed E-state index contributed by atoms with van der Waals surface area (Å²) in [5, 5.41) is 4.42. The van der Waals surface area contributed by atoms with Crippen molar-refractivity contribution in [2.24, 2.45) is 17.6 Å². The summed E-state index contributed by atoms with van der Waals surface area (Å²) in [7, 11) is 1.44. The maximum Gasteiger partial charge on any atom is 0.308 e. The predicted molar refractivity (Wildman–Crippen MR) is 101 cm³/mol. The standard InChI is InChI=1S/C19H29N3O3S/c1-25-19(24)14-5-3-13(4-6-14)17-16(18(20)23)22-15(26-17)7-2-12-8-10-21-11-9-12/h12-14,21H,2-11H2,1H3,(H2,20,23). The monoisotopic (exact) mass is 379 g/mol. The molecule has 0 aromatic carbocycles. The number of thiazole rings is 1. The van der Waals surface area contributed by atoms with Crippen LogP contribution >= 0.6 is 11.3 Å². The van der Waals surface area contributed by atoms with Crippen molar-refractivity contribution < 1.29 is 14.3 Å². The Balaban J connectivity index is 1.64. The van der Waals surface area contributed by atoms with E-state index in [1.807, 2.05) is 0 Å². The number of carbonyl (C=O) groups is 2. The van der Waals surface area contributed by atoms with E-state index >= 15 is 0 Å². The third-order valence-electron chi connectivity index (χ3n) is 5.79. The highest BCUT2D eigenvalue weighted by Gasteiger charge is 2.31. The van der Waals surface area contributed by atoms with Gasteiger partial charge in [0.05, 0.1) is 18.0 Å². The quantitative estimate of drug-likeness (QED) is 0.741. The van der Waals surface area contributed by atoms with Crippen LogP contribution < -0.4 is 11.1 Å². The molecule has 26 heavy (non-hydrogen) atoms. The molecule has 6 nitrogen and oxygen atoms in total. The van der Waals surface area contributed by atoms with E-state index in [1.54, 1.807) is 11.3 Å². The van der Waals surface area contributed by atoms with Crippen LogP contribution in [0.25, 0.3) is 0 Å². The molecule has 0 spiro atoms. The third kappa shape index (κ3) is 4.62. The number of primary amides is 1. The molecule has 2 heterocycles. The zero-order valence-electron chi connectivity index (χ0n) is 15.5. The first-order valence-corrected chi connectivity index (χ1v) is 10.5. The molecule has 144 valence electrons. The molecule has 1 saturated heterocycles. The van der Waals surface area contributed by atoms with Gasteiger partial charge in [0.15, 0.2) is 0 Å². The van der Waals surface area contributed by atoms with Crippen molar-refractivity contribution in [3.63, 3.8) is 0 Å². The summed E-state index contributed by atoms with van der Waals surface area (Å²) in [6.45, 7) is 2.20. The topological polar surface area (TPSA) is 94.3 Å². The zero-order valence-corrected chi connectivity index (χ0v) is 16.3. The lowest BCUT2D eigenvalue weighted by Crippen LogP contribution is -2.27. The summed E-state index contributed by atoms with van der Waals surface area (Å²) in [4.78, 5) is 29.2. The lowest BCUT2D eigenvalue weighted by molar-refractivity contribution is -0.146. The van der Waals surface area contributed by atoms with Crippen LogP contribution in [0.1, 0.15) is 71.2 Å². The van der Waals surface area contributed by atoms with Crippen molar-refractivity contribution in [3.8, 4) is 0 Å². The van der Waals surface area contributed by atoms with Gasteiger partial charge in [-0.15, -0.1) is 11.3 Å². The Morgan fingerprint density at radius 2 is 1.88 bits per heavy atom. The molecule has 1 amide bonds. The number of hydrogen-bond donors (Lipinski definition) is 2. The van der Waals surface area contributed by atoms with E-state index in [9.17, 15) is 9.59 Å². The number of ether oxygens (including phenoxy) is 1. The first kappa shape index (κ1) is 19.3. The number of methoxy groups -OCH3 is 1. The smallest absolute Gasteiger partial charge is 0.308 e. The van der Waals surface area contributed by atoms with Crippen molar-refractivity contribution >= 4 is 23.2 Å². The minimum absolute atomic E-state index is 0.0134. The molecule has 3 rings (SSSR count). The Hall–Kier alpha value is -1.47. The van der Waals surface area contributed by atoms with E-state index in [1.165, 1.54) is 20.0 Å². The molecule has 0 radical (unpaired) electrons. The highest BCUT2D eigenvalue weighted by molar-refractivity contribution is 7.12. The summed E-state index contributed by atoms with van der Waals surface area (Å²) in [5.41, 5.74) is 6.05. The number of nitrogens with two attached hydrogens (primary N) is 1. The van der Waals surface area contributed by atoms with Gasteiger partial charge in [-0.3, -0.25) is 9.59 Å². The molecular weight excluding hydrogens is 350 g/mol. The number of amides is 1. The van der Waals surface area contributed by atoms with Crippen molar-refractivity contribution in [2.45, 2.75) is 57.3 Å². The highest BCUT2D eigenvalue weighted by Crippen LogP contribution is 2.40. The molecule has 0 bridgehead atoms. The lowest BCUT2D eigenvalue weighted by Gasteiger charge is -2.26. The molecule has 2 fully saturated rings. The van der Waals surface area contributed by atoms with Crippen LogP contribution in [0.15, 0.2) is 0 Å². The summed E-state index contributed by atoms with van der Waals surface area (Å²) < 4.78 is 4.86. The van der Waals surface area contributed by atoms with Crippen LogP contribution in [0.3, 0.4) is 0 Å². The predicted octanol–water partition coefficient (Wildman–Crippen LogP) is 2.62. The second kappa shape index (κ2) is 8.95. The normalized spacial score (nSPS) is 24.3. The van der Waals surface area contributed by atoms with Gasteiger partial charge in [-0.25, -0.2) is 4.98 Å². The third-order valence-corrected chi connectivity index (χ3v) is 7.07. The Kier molecular flexibility index (Phi) is 6.64. The molecule has 1 aliphatic carbocycles. The molecule has 1 aliphatic heterocycles. The Morgan fingerprint density at radius 1 is 1.19 bits per heavy atom.